The van der Waals surface area contributed by atoms with Crippen LogP contribution in [0.25, 0.3) is 22.2 Å². The van der Waals surface area contributed by atoms with Crippen LogP contribution in [0.3, 0.4) is 0 Å². The summed E-state index contributed by atoms with van der Waals surface area (Å²) in [5, 5.41) is 10.9. The summed E-state index contributed by atoms with van der Waals surface area (Å²) < 4.78 is 11.6. The predicted octanol–water partition coefficient (Wildman–Crippen LogP) is 6.61. The average Bonchev–Trinajstić information content (AvgIpc) is 3.38. The Hall–Kier alpha value is -4.40. The van der Waals surface area contributed by atoms with E-state index in [9.17, 15) is 9.59 Å². The summed E-state index contributed by atoms with van der Waals surface area (Å²) in [5.41, 5.74) is 3.04. The van der Waals surface area contributed by atoms with Crippen LogP contribution >= 0.6 is 0 Å². The molecule has 3 aromatic carbocycles. The molecule has 220 valence electrons. The highest BCUT2D eigenvalue weighted by Gasteiger charge is 2.24. The largest absolute Gasteiger partial charge is 0.491 e. The van der Waals surface area contributed by atoms with E-state index >= 15 is 0 Å². The van der Waals surface area contributed by atoms with E-state index in [0.29, 0.717) is 29.1 Å². The lowest BCUT2D eigenvalue weighted by Crippen LogP contribution is -2.43. The van der Waals surface area contributed by atoms with Crippen LogP contribution in [0.15, 0.2) is 72.8 Å². The Kier molecular flexibility index (Phi) is 9.05. The molecule has 4 aromatic rings. The lowest BCUT2D eigenvalue weighted by molar-refractivity contribution is 0.0407. The molecule has 0 radical (unpaired) electrons. The number of hydrogen-bond acceptors (Lipinski definition) is 7. The van der Waals surface area contributed by atoms with Crippen LogP contribution in [0, 0.1) is 5.92 Å². The summed E-state index contributed by atoms with van der Waals surface area (Å²) in [6.45, 7) is 5.95. The first-order valence-electron chi connectivity index (χ1n) is 14.6. The van der Waals surface area contributed by atoms with Gasteiger partial charge in [0.25, 0.3) is 0 Å². The maximum absolute atomic E-state index is 12.7. The molecule has 0 spiro atoms. The first kappa shape index (κ1) is 29.1. The highest BCUT2D eigenvalue weighted by atomic mass is 16.7. The van der Waals surface area contributed by atoms with Crippen molar-refractivity contribution in [2.75, 3.05) is 6.61 Å². The molecule has 1 atom stereocenters. The smallest absolute Gasteiger partial charge is 0.407 e. The number of fused-ring (bicyclic) bond motifs is 1. The van der Waals surface area contributed by atoms with Gasteiger partial charge in [-0.1, -0.05) is 73.3 Å². The number of carbonyl (C=O) groups is 2. The molecule has 5 rings (SSSR count). The second-order valence-corrected chi connectivity index (χ2v) is 11.8. The molecule has 1 fully saturated rings. The fraction of sp³-hybridized carbons (Fsp3) is 0.394. The zero-order valence-electron chi connectivity index (χ0n) is 24.4. The van der Waals surface area contributed by atoms with Gasteiger partial charge in [-0.25, -0.2) is 9.59 Å². The number of aromatic nitrogens is 3. The molecule has 9 nitrogen and oxygen atoms in total. The van der Waals surface area contributed by atoms with Gasteiger partial charge in [0.05, 0.1) is 11.6 Å². The standard InChI is InChI=1S/C33H38N4O5/c1-33(2,3)41-32(39)34-27(21-23-9-5-4-6-10-23)22-40-28-19-17-25(18-20-28)24-13-15-26(16-14-24)31(38)42-37-30-12-8-7-11-29(30)35-36-37/h7-8,11-20,23,27H,4-6,9-10,21-22H2,1-3H3,(H,34,39). The second-order valence-electron chi connectivity index (χ2n) is 11.8. The van der Waals surface area contributed by atoms with Crippen LogP contribution in [0.2, 0.25) is 0 Å². The van der Waals surface area contributed by atoms with Gasteiger partial charge in [0.1, 0.15) is 29.0 Å². The number of nitrogens with one attached hydrogen (secondary N) is 1. The van der Waals surface area contributed by atoms with Gasteiger partial charge in [-0.2, -0.15) is 0 Å². The molecular formula is C33H38N4O5. The number of carbonyl (C=O) groups excluding carboxylic acids is 2. The molecule has 1 aliphatic carbocycles. The number of nitrogens with zero attached hydrogens (tertiary/aromatic N) is 3. The van der Waals surface area contributed by atoms with Gasteiger partial charge in [-0.15, -0.1) is 5.10 Å². The number of amides is 1. The third-order valence-electron chi connectivity index (χ3n) is 7.31. The first-order chi connectivity index (χ1) is 20.2. The molecule has 9 heteroatoms. The van der Waals surface area contributed by atoms with Crippen molar-refractivity contribution >= 4 is 23.1 Å². The van der Waals surface area contributed by atoms with Gasteiger partial charge in [0.15, 0.2) is 0 Å². The van der Waals surface area contributed by atoms with E-state index in [1.165, 1.54) is 32.1 Å². The highest BCUT2D eigenvalue weighted by molar-refractivity contribution is 5.90. The number of para-hydroxylation sites is 1. The highest BCUT2D eigenvalue weighted by Crippen LogP contribution is 2.28. The van der Waals surface area contributed by atoms with Crippen LogP contribution in [-0.2, 0) is 4.74 Å². The summed E-state index contributed by atoms with van der Waals surface area (Å²) in [5.74, 6) is 0.780. The summed E-state index contributed by atoms with van der Waals surface area (Å²) in [4.78, 5) is 31.7. The van der Waals surface area contributed by atoms with Gasteiger partial charge in [0, 0.05) is 0 Å². The first-order valence-corrected chi connectivity index (χ1v) is 14.6. The van der Waals surface area contributed by atoms with Crippen LogP contribution in [-0.4, -0.2) is 45.5 Å². The third kappa shape index (κ3) is 7.87. The van der Waals surface area contributed by atoms with E-state index in [0.717, 1.165) is 28.1 Å². The minimum absolute atomic E-state index is 0.134. The van der Waals surface area contributed by atoms with Crippen molar-refractivity contribution in [1.29, 1.82) is 0 Å². The van der Waals surface area contributed by atoms with E-state index in [1.807, 2.05) is 69.3 Å². The average molecular weight is 571 g/mol. The molecular weight excluding hydrogens is 532 g/mol. The zero-order valence-corrected chi connectivity index (χ0v) is 24.4. The summed E-state index contributed by atoms with van der Waals surface area (Å²) in [7, 11) is 0. The SMILES string of the molecule is CC(C)(C)OC(=O)NC(COc1ccc(-c2ccc(C(=O)On3nnc4ccccc43)cc2)cc1)CC1CCCCC1. The summed E-state index contributed by atoms with van der Waals surface area (Å²) in [6, 6.07) is 22.1. The monoisotopic (exact) mass is 570 g/mol. The minimum atomic E-state index is -0.555. The Morgan fingerprint density at radius 2 is 1.60 bits per heavy atom. The molecule has 1 amide bonds. The van der Waals surface area contributed by atoms with Crippen molar-refractivity contribution in [3.8, 4) is 16.9 Å². The van der Waals surface area contributed by atoms with E-state index in [2.05, 4.69) is 15.6 Å². The van der Waals surface area contributed by atoms with E-state index in [4.69, 9.17) is 14.3 Å². The van der Waals surface area contributed by atoms with E-state index in [-0.39, 0.29) is 6.04 Å². The van der Waals surface area contributed by atoms with Crippen LogP contribution in [0.4, 0.5) is 4.79 Å². The molecule has 1 aromatic heterocycles. The lowest BCUT2D eigenvalue weighted by Gasteiger charge is -2.28. The van der Waals surface area contributed by atoms with Crippen LogP contribution in [0.1, 0.15) is 69.7 Å². The molecule has 1 heterocycles. The number of hydrogen-bond donors (Lipinski definition) is 1. The van der Waals surface area contributed by atoms with Gasteiger partial charge >= 0.3 is 12.1 Å². The predicted molar refractivity (Wildman–Crippen MR) is 160 cm³/mol. The Labute approximate surface area is 246 Å². The zero-order chi connectivity index (χ0) is 29.5. The van der Waals surface area contributed by atoms with E-state index in [1.54, 1.807) is 24.3 Å². The Morgan fingerprint density at radius 3 is 2.29 bits per heavy atom. The molecule has 1 aliphatic rings. The number of benzene rings is 3. The van der Waals surface area contributed by atoms with Gasteiger partial charge in [0.2, 0.25) is 0 Å². The molecule has 0 aliphatic heterocycles. The van der Waals surface area contributed by atoms with E-state index < -0.39 is 17.7 Å². The van der Waals surface area contributed by atoms with Gasteiger partial charge < -0.3 is 19.6 Å². The Balaban J connectivity index is 1.18. The minimum Gasteiger partial charge on any atom is -0.491 e. The molecule has 42 heavy (non-hydrogen) atoms. The number of rotatable bonds is 9. The summed E-state index contributed by atoms with van der Waals surface area (Å²) >= 11 is 0. The van der Waals surface area contributed by atoms with Gasteiger partial charge in [-0.05, 0) is 85.8 Å². The molecule has 1 saturated carbocycles. The van der Waals surface area contributed by atoms with Crippen LogP contribution in [0.5, 0.6) is 5.75 Å². The van der Waals surface area contributed by atoms with Crippen molar-refractivity contribution in [2.45, 2.75) is 70.9 Å². The van der Waals surface area contributed by atoms with Crippen LogP contribution < -0.4 is 14.9 Å². The van der Waals surface area contributed by atoms with Crippen molar-refractivity contribution in [2.24, 2.45) is 5.92 Å². The maximum Gasteiger partial charge on any atom is 0.407 e. The summed E-state index contributed by atoms with van der Waals surface area (Å²) in [6.07, 6.45) is 6.62. The topological polar surface area (TPSA) is 105 Å². The number of ether oxygens (including phenoxy) is 2. The third-order valence-corrected chi connectivity index (χ3v) is 7.31. The van der Waals surface area contributed by atoms with Crippen molar-refractivity contribution < 1.29 is 23.9 Å². The molecule has 1 N–H and O–H groups in total. The van der Waals surface area contributed by atoms with Crippen molar-refractivity contribution in [1.82, 2.24) is 20.5 Å². The second kappa shape index (κ2) is 13.1. The quantitative estimate of drug-likeness (QED) is 0.226. The maximum atomic E-state index is 12.7. The lowest BCUT2D eigenvalue weighted by atomic mass is 9.85. The van der Waals surface area contributed by atoms with Crippen molar-refractivity contribution in [3.05, 3.63) is 78.4 Å². The molecule has 1 unspecified atom stereocenters. The molecule has 0 bridgehead atoms. The normalized spacial score (nSPS) is 14.7. The van der Waals surface area contributed by atoms with Gasteiger partial charge in [-0.3, -0.25) is 0 Å². The Morgan fingerprint density at radius 1 is 0.929 bits per heavy atom. The Bertz CT molecular complexity index is 1490. The fourth-order valence-electron chi connectivity index (χ4n) is 5.25. The van der Waals surface area contributed by atoms with Crippen molar-refractivity contribution in [3.63, 3.8) is 0 Å². The number of alkyl carbamates (subject to hydrolysis) is 1. The molecule has 0 saturated heterocycles. The fourth-order valence-corrected chi connectivity index (χ4v) is 5.25.